The van der Waals surface area contributed by atoms with E-state index >= 15 is 0 Å². The monoisotopic (exact) mass is 321 g/mol. The van der Waals surface area contributed by atoms with E-state index in [1.807, 2.05) is 28.9 Å². The fourth-order valence-corrected chi connectivity index (χ4v) is 3.43. The Morgan fingerprint density at radius 2 is 2.17 bits per heavy atom. The first-order chi connectivity index (χ1) is 11.1. The van der Waals surface area contributed by atoms with Crippen molar-refractivity contribution in [3.05, 3.63) is 18.0 Å². The number of hydrogen-bond donors (Lipinski definition) is 1. The van der Waals surface area contributed by atoms with Gasteiger partial charge in [-0.2, -0.15) is 5.10 Å². The van der Waals surface area contributed by atoms with E-state index in [0.29, 0.717) is 6.42 Å². The highest BCUT2D eigenvalue weighted by atomic mass is 16.5. The van der Waals surface area contributed by atoms with Gasteiger partial charge in [-0.1, -0.05) is 0 Å². The molecule has 3 heterocycles. The third-order valence-electron chi connectivity index (χ3n) is 4.79. The lowest BCUT2D eigenvalue weighted by molar-refractivity contribution is -0.128. The molecule has 2 aliphatic heterocycles. The first-order valence-electron chi connectivity index (χ1n) is 8.45. The van der Waals surface area contributed by atoms with Crippen LogP contribution in [0.5, 0.6) is 0 Å². The molecule has 1 N–H and O–H groups in total. The van der Waals surface area contributed by atoms with Crippen LogP contribution in [0.3, 0.4) is 0 Å². The van der Waals surface area contributed by atoms with Gasteiger partial charge in [0.15, 0.2) is 0 Å². The van der Waals surface area contributed by atoms with Gasteiger partial charge < -0.3 is 15.0 Å². The fourth-order valence-electron chi connectivity index (χ4n) is 3.43. The van der Waals surface area contributed by atoms with Crippen molar-refractivity contribution in [3.63, 3.8) is 0 Å². The second kappa shape index (κ2) is 7.42. The van der Waals surface area contributed by atoms with E-state index in [-0.39, 0.29) is 18.0 Å². The maximum Gasteiger partial charge on any atom is 0.224 e. The molecular formula is C16H27N5O2. The van der Waals surface area contributed by atoms with Crippen molar-refractivity contribution in [1.82, 2.24) is 24.9 Å². The molecule has 23 heavy (non-hydrogen) atoms. The van der Waals surface area contributed by atoms with Crippen molar-refractivity contribution in [2.75, 3.05) is 45.9 Å². The van der Waals surface area contributed by atoms with Gasteiger partial charge in [-0.15, -0.1) is 0 Å². The number of carbonyl (C=O) groups excluding carboxylic acids is 1. The lowest BCUT2D eigenvalue weighted by Crippen LogP contribution is -2.42. The predicted molar refractivity (Wildman–Crippen MR) is 87.0 cm³/mol. The zero-order chi connectivity index (χ0) is 16.2. The van der Waals surface area contributed by atoms with Gasteiger partial charge in [0.25, 0.3) is 0 Å². The number of hydrogen-bond acceptors (Lipinski definition) is 5. The molecule has 1 aromatic rings. The van der Waals surface area contributed by atoms with Crippen molar-refractivity contribution in [1.29, 1.82) is 0 Å². The van der Waals surface area contributed by atoms with Gasteiger partial charge in [0, 0.05) is 64.5 Å². The van der Waals surface area contributed by atoms with Crippen LogP contribution in [0.1, 0.15) is 25.1 Å². The van der Waals surface area contributed by atoms with Crippen LogP contribution in [-0.2, 0) is 16.6 Å². The molecule has 2 atom stereocenters. The minimum absolute atomic E-state index is 0.194. The summed E-state index contributed by atoms with van der Waals surface area (Å²) >= 11 is 0. The number of rotatable bonds is 6. The number of ether oxygens (including phenoxy) is 1. The Bertz CT molecular complexity index is 526. The summed E-state index contributed by atoms with van der Waals surface area (Å²) in [6, 6.07) is 2.43. The minimum atomic E-state index is 0.194. The molecule has 3 rings (SSSR count). The number of likely N-dealkylation sites (tertiary alicyclic amines) is 1. The number of amides is 1. The van der Waals surface area contributed by atoms with Crippen LogP contribution in [-0.4, -0.2) is 77.5 Å². The molecule has 0 aromatic carbocycles. The maximum atomic E-state index is 12.2. The topological polar surface area (TPSA) is 62.6 Å². The van der Waals surface area contributed by atoms with Crippen LogP contribution < -0.4 is 5.32 Å². The van der Waals surface area contributed by atoms with Crippen molar-refractivity contribution in [2.24, 2.45) is 7.05 Å². The molecule has 2 saturated heterocycles. The molecule has 2 fully saturated rings. The summed E-state index contributed by atoms with van der Waals surface area (Å²) in [4.78, 5) is 16.6. The summed E-state index contributed by atoms with van der Waals surface area (Å²) < 4.78 is 7.24. The zero-order valence-electron chi connectivity index (χ0n) is 14.1. The van der Waals surface area contributed by atoms with E-state index in [4.69, 9.17) is 4.74 Å². The molecule has 0 bridgehead atoms. The fraction of sp³-hybridized carbons (Fsp3) is 0.750. The molecule has 7 nitrogen and oxygen atoms in total. The Kier molecular flexibility index (Phi) is 5.30. The van der Waals surface area contributed by atoms with Crippen LogP contribution in [0, 0.1) is 0 Å². The number of nitrogens with zero attached hydrogens (tertiary/aromatic N) is 4. The molecule has 7 heteroatoms. The smallest absolute Gasteiger partial charge is 0.224 e. The quantitative estimate of drug-likeness (QED) is 0.799. The van der Waals surface area contributed by atoms with E-state index in [1.54, 1.807) is 0 Å². The van der Waals surface area contributed by atoms with E-state index in [1.165, 1.54) is 0 Å². The highest BCUT2D eigenvalue weighted by molar-refractivity contribution is 5.79. The second-order valence-electron chi connectivity index (χ2n) is 6.46. The first-order valence-corrected chi connectivity index (χ1v) is 8.45. The van der Waals surface area contributed by atoms with Crippen LogP contribution in [0.15, 0.2) is 12.3 Å². The van der Waals surface area contributed by atoms with Crippen molar-refractivity contribution >= 4 is 5.91 Å². The van der Waals surface area contributed by atoms with Crippen LogP contribution in [0.2, 0.25) is 0 Å². The lowest BCUT2D eigenvalue weighted by atomic mass is 10.2. The normalized spacial score (nSPS) is 24.3. The Morgan fingerprint density at radius 3 is 2.87 bits per heavy atom. The number of morpholine rings is 1. The summed E-state index contributed by atoms with van der Waals surface area (Å²) in [5.41, 5.74) is 1.14. The molecule has 2 unspecified atom stereocenters. The zero-order valence-corrected chi connectivity index (χ0v) is 14.1. The summed E-state index contributed by atoms with van der Waals surface area (Å²) in [5, 5.41) is 7.77. The molecule has 128 valence electrons. The first kappa shape index (κ1) is 16.4. The third kappa shape index (κ3) is 4.10. The SMILES string of the molecule is CC(NC1CC(=O)N(CCN2CCOCC2)C1)c1ccnn1C. The van der Waals surface area contributed by atoms with Crippen LogP contribution >= 0.6 is 0 Å². The Morgan fingerprint density at radius 1 is 1.39 bits per heavy atom. The van der Waals surface area contributed by atoms with E-state index in [2.05, 4.69) is 22.2 Å². The van der Waals surface area contributed by atoms with Gasteiger partial charge in [-0.3, -0.25) is 14.4 Å². The number of carbonyl (C=O) groups is 1. The highest BCUT2D eigenvalue weighted by Crippen LogP contribution is 2.17. The van der Waals surface area contributed by atoms with Crippen molar-refractivity contribution in [3.8, 4) is 0 Å². The number of aryl methyl sites for hydroxylation is 1. The minimum Gasteiger partial charge on any atom is -0.379 e. The van der Waals surface area contributed by atoms with Crippen molar-refractivity contribution < 1.29 is 9.53 Å². The largest absolute Gasteiger partial charge is 0.379 e. The molecule has 1 amide bonds. The second-order valence-corrected chi connectivity index (χ2v) is 6.46. The van der Waals surface area contributed by atoms with Gasteiger partial charge in [-0.25, -0.2) is 0 Å². The van der Waals surface area contributed by atoms with Crippen LogP contribution in [0.4, 0.5) is 0 Å². The van der Waals surface area contributed by atoms with Gasteiger partial charge in [0.1, 0.15) is 0 Å². The average Bonchev–Trinajstić information content (AvgIpc) is 3.12. The molecule has 0 spiro atoms. The van der Waals surface area contributed by atoms with Gasteiger partial charge >= 0.3 is 0 Å². The van der Waals surface area contributed by atoms with Crippen molar-refractivity contribution in [2.45, 2.75) is 25.4 Å². The molecule has 0 radical (unpaired) electrons. The molecule has 2 aliphatic rings. The number of nitrogens with one attached hydrogen (secondary N) is 1. The third-order valence-corrected chi connectivity index (χ3v) is 4.79. The standard InChI is InChI=1S/C16H27N5O2/c1-13(15-3-4-17-19(15)2)18-14-11-16(22)21(12-14)6-5-20-7-9-23-10-8-20/h3-4,13-14,18H,5-12H2,1-2H3. The Labute approximate surface area is 137 Å². The van der Waals surface area contributed by atoms with Gasteiger partial charge in [0.2, 0.25) is 5.91 Å². The predicted octanol–water partition coefficient (Wildman–Crippen LogP) is 0.00380. The van der Waals surface area contributed by atoms with Gasteiger partial charge in [-0.05, 0) is 13.0 Å². The summed E-state index contributed by atoms with van der Waals surface area (Å²) in [6.45, 7) is 8.24. The average molecular weight is 321 g/mol. The maximum absolute atomic E-state index is 12.2. The van der Waals surface area contributed by atoms with Crippen LogP contribution in [0.25, 0.3) is 0 Å². The Balaban J connectivity index is 1.46. The lowest BCUT2D eigenvalue weighted by Gasteiger charge is -2.28. The molecule has 0 saturated carbocycles. The van der Waals surface area contributed by atoms with E-state index in [0.717, 1.165) is 51.6 Å². The summed E-state index contributed by atoms with van der Waals surface area (Å²) in [6.07, 6.45) is 2.40. The van der Waals surface area contributed by atoms with E-state index in [9.17, 15) is 4.79 Å². The summed E-state index contributed by atoms with van der Waals surface area (Å²) in [5.74, 6) is 0.257. The van der Waals surface area contributed by atoms with Gasteiger partial charge in [0.05, 0.1) is 18.9 Å². The highest BCUT2D eigenvalue weighted by Gasteiger charge is 2.30. The summed E-state index contributed by atoms with van der Waals surface area (Å²) in [7, 11) is 1.95. The number of aromatic nitrogens is 2. The molecular weight excluding hydrogens is 294 g/mol. The molecule has 1 aromatic heterocycles. The van der Waals surface area contributed by atoms with E-state index < -0.39 is 0 Å². The Hall–Kier alpha value is -1.44. The molecule has 0 aliphatic carbocycles.